The van der Waals surface area contributed by atoms with Crippen molar-refractivity contribution < 1.29 is 13.6 Å². The molecule has 0 radical (unpaired) electrons. The summed E-state index contributed by atoms with van der Waals surface area (Å²) in [6.07, 6.45) is 2.21. The van der Waals surface area contributed by atoms with Crippen molar-refractivity contribution in [1.29, 1.82) is 0 Å². The molecule has 1 aromatic heterocycles. The molecule has 2 aromatic rings. The molecule has 4 rings (SSSR count). The maximum atomic E-state index is 12.9. The van der Waals surface area contributed by atoms with E-state index in [9.17, 15) is 13.6 Å². The van der Waals surface area contributed by atoms with Gasteiger partial charge in [-0.3, -0.25) is 9.89 Å². The number of alkyl halides is 2. The van der Waals surface area contributed by atoms with Gasteiger partial charge in [0.1, 0.15) is 5.69 Å². The third-order valence-corrected chi connectivity index (χ3v) is 4.80. The molecule has 2 saturated carbocycles. The Morgan fingerprint density at radius 1 is 1.30 bits per heavy atom. The smallest absolute Gasteiger partial charge is 0.282 e. The lowest BCUT2D eigenvalue weighted by Gasteiger charge is -2.11. The lowest BCUT2D eigenvalue weighted by molar-refractivity contribution is 0.101. The first kappa shape index (κ1) is 14.4. The molecule has 23 heavy (non-hydrogen) atoms. The molecule has 2 unspecified atom stereocenters. The van der Waals surface area contributed by atoms with Crippen LogP contribution in [0.1, 0.15) is 53.2 Å². The molecule has 120 valence electrons. The second-order valence-electron chi connectivity index (χ2n) is 6.37. The van der Waals surface area contributed by atoms with E-state index in [1.54, 1.807) is 0 Å². The van der Waals surface area contributed by atoms with Crippen LogP contribution in [-0.2, 0) is 0 Å². The molecule has 2 fully saturated rings. The molecule has 2 aliphatic rings. The van der Waals surface area contributed by atoms with Gasteiger partial charge >= 0.3 is 0 Å². The molecule has 2 aliphatic carbocycles. The van der Waals surface area contributed by atoms with Crippen molar-refractivity contribution in [2.45, 2.75) is 31.6 Å². The van der Waals surface area contributed by atoms with Crippen molar-refractivity contribution in [3.63, 3.8) is 0 Å². The summed E-state index contributed by atoms with van der Waals surface area (Å²) in [7, 11) is 0. The van der Waals surface area contributed by atoms with Gasteiger partial charge in [-0.1, -0.05) is 18.2 Å². The first-order valence-corrected chi connectivity index (χ1v) is 7.87. The van der Waals surface area contributed by atoms with Gasteiger partial charge in [-0.2, -0.15) is 5.10 Å². The molecule has 6 heteroatoms. The van der Waals surface area contributed by atoms with Gasteiger partial charge in [-0.05, 0) is 48.6 Å². The Bertz CT molecular complexity index is 739. The number of para-hydroxylation sites is 1. The van der Waals surface area contributed by atoms with Gasteiger partial charge in [0.15, 0.2) is 0 Å². The third-order valence-electron chi connectivity index (χ3n) is 4.80. The highest BCUT2D eigenvalue weighted by atomic mass is 19.3. The van der Waals surface area contributed by atoms with Crippen LogP contribution in [0.2, 0.25) is 0 Å². The second kappa shape index (κ2) is 5.44. The van der Waals surface area contributed by atoms with E-state index in [0.29, 0.717) is 11.6 Å². The van der Waals surface area contributed by atoms with Crippen LogP contribution in [-0.4, -0.2) is 16.1 Å². The minimum Gasteiger partial charge on any atom is -0.322 e. The number of benzene rings is 1. The van der Waals surface area contributed by atoms with Crippen LogP contribution < -0.4 is 5.32 Å². The fourth-order valence-corrected chi connectivity index (χ4v) is 3.39. The number of aromatic nitrogens is 2. The van der Waals surface area contributed by atoms with Crippen molar-refractivity contribution in [2.75, 3.05) is 5.32 Å². The first-order chi connectivity index (χ1) is 11.1. The zero-order valence-electron chi connectivity index (χ0n) is 12.4. The zero-order chi connectivity index (χ0) is 16.0. The summed E-state index contributed by atoms with van der Waals surface area (Å²) >= 11 is 0. The number of amides is 1. The summed E-state index contributed by atoms with van der Waals surface area (Å²) < 4.78 is 25.7. The van der Waals surface area contributed by atoms with Gasteiger partial charge < -0.3 is 5.32 Å². The molecular formula is C17H17F2N3O. The average Bonchev–Trinajstić information content (AvgIpc) is 3.43. The minimum atomic E-state index is -2.78. The van der Waals surface area contributed by atoms with E-state index >= 15 is 0 Å². The van der Waals surface area contributed by atoms with Gasteiger partial charge in [0, 0.05) is 11.9 Å². The number of H-pyrrole nitrogens is 1. The summed E-state index contributed by atoms with van der Waals surface area (Å²) in [5, 5.41) is 8.57. The highest BCUT2D eigenvalue weighted by Gasteiger charge is 2.48. The maximum Gasteiger partial charge on any atom is 0.282 e. The molecule has 2 atom stereocenters. The Kier molecular flexibility index (Phi) is 3.39. The molecule has 1 amide bonds. The Labute approximate surface area is 132 Å². The Hall–Kier alpha value is -2.24. The maximum absolute atomic E-state index is 12.9. The standard InChI is InChI=1S/C17H17F2N3O/c18-16(19)15-13(8-20-22-15)17(23)21-14-4-2-1-3-10(14)12-7-11(12)9-5-6-9/h1-4,8-9,11-12,16H,5-7H2,(H,20,22)(H,21,23). The number of nitrogens with one attached hydrogen (secondary N) is 2. The molecule has 2 N–H and O–H groups in total. The van der Waals surface area contributed by atoms with E-state index in [2.05, 4.69) is 15.5 Å². The van der Waals surface area contributed by atoms with Crippen LogP contribution >= 0.6 is 0 Å². The van der Waals surface area contributed by atoms with Crippen LogP contribution in [0.5, 0.6) is 0 Å². The van der Waals surface area contributed by atoms with Crippen molar-refractivity contribution in [2.24, 2.45) is 11.8 Å². The van der Waals surface area contributed by atoms with E-state index in [-0.39, 0.29) is 5.56 Å². The van der Waals surface area contributed by atoms with Crippen LogP contribution in [0.4, 0.5) is 14.5 Å². The zero-order valence-corrected chi connectivity index (χ0v) is 12.4. The Balaban J connectivity index is 1.55. The predicted octanol–water partition coefficient (Wildman–Crippen LogP) is 4.11. The normalized spacial score (nSPS) is 23.1. The van der Waals surface area contributed by atoms with Gasteiger partial charge in [0.2, 0.25) is 0 Å². The minimum absolute atomic E-state index is 0.107. The summed E-state index contributed by atoms with van der Waals surface area (Å²) in [5.74, 6) is 1.49. The van der Waals surface area contributed by atoms with Gasteiger partial charge in [-0.25, -0.2) is 8.78 Å². The van der Waals surface area contributed by atoms with Gasteiger partial charge in [-0.15, -0.1) is 0 Å². The molecule has 0 saturated heterocycles. The number of aromatic amines is 1. The van der Waals surface area contributed by atoms with E-state index in [1.165, 1.54) is 19.0 Å². The summed E-state index contributed by atoms with van der Waals surface area (Å²) in [4.78, 5) is 12.3. The molecule has 1 heterocycles. The van der Waals surface area contributed by atoms with E-state index in [0.717, 1.165) is 23.8 Å². The number of rotatable bonds is 5. The topological polar surface area (TPSA) is 57.8 Å². The average molecular weight is 317 g/mol. The van der Waals surface area contributed by atoms with E-state index in [1.807, 2.05) is 24.3 Å². The molecule has 4 nitrogen and oxygen atoms in total. The molecule has 0 aliphatic heterocycles. The largest absolute Gasteiger partial charge is 0.322 e. The molecule has 1 aromatic carbocycles. The van der Waals surface area contributed by atoms with E-state index in [4.69, 9.17) is 0 Å². The number of nitrogens with zero attached hydrogens (tertiary/aromatic N) is 1. The quantitative estimate of drug-likeness (QED) is 0.872. The fraction of sp³-hybridized carbons (Fsp3) is 0.412. The predicted molar refractivity (Wildman–Crippen MR) is 81.5 cm³/mol. The molecule has 0 spiro atoms. The van der Waals surface area contributed by atoms with Crippen molar-refractivity contribution in [3.8, 4) is 0 Å². The number of anilines is 1. The van der Waals surface area contributed by atoms with Crippen LogP contribution in [0.25, 0.3) is 0 Å². The fourth-order valence-electron chi connectivity index (χ4n) is 3.39. The highest BCUT2D eigenvalue weighted by molar-refractivity contribution is 6.05. The molecule has 0 bridgehead atoms. The number of halogens is 2. The van der Waals surface area contributed by atoms with E-state index < -0.39 is 18.0 Å². The number of hydrogen-bond donors (Lipinski definition) is 2. The Morgan fingerprint density at radius 3 is 2.83 bits per heavy atom. The number of carbonyl (C=O) groups is 1. The molecular weight excluding hydrogens is 300 g/mol. The van der Waals surface area contributed by atoms with Gasteiger partial charge in [0.25, 0.3) is 12.3 Å². The van der Waals surface area contributed by atoms with Crippen molar-refractivity contribution >= 4 is 11.6 Å². The Morgan fingerprint density at radius 2 is 2.09 bits per heavy atom. The third kappa shape index (κ3) is 2.73. The number of hydrogen-bond acceptors (Lipinski definition) is 2. The van der Waals surface area contributed by atoms with Gasteiger partial charge in [0.05, 0.1) is 5.56 Å². The monoisotopic (exact) mass is 317 g/mol. The van der Waals surface area contributed by atoms with Crippen LogP contribution in [0, 0.1) is 11.8 Å². The van der Waals surface area contributed by atoms with Crippen LogP contribution in [0.3, 0.4) is 0 Å². The SMILES string of the molecule is O=C(Nc1ccccc1C1CC1C1CC1)c1c[nH]nc1C(F)F. The van der Waals surface area contributed by atoms with Crippen LogP contribution in [0.15, 0.2) is 30.5 Å². The second-order valence-corrected chi connectivity index (χ2v) is 6.37. The summed E-state index contributed by atoms with van der Waals surface area (Å²) in [6.45, 7) is 0. The summed E-state index contributed by atoms with van der Waals surface area (Å²) in [5.41, 5.74) is 1.21. The lowest BCUT2D eigenvalue weighted by Crippen LogP contribution is -2.14. The van der Waals surface area contributed by atoms with Crippen molar-refractivity contribution in [1.82, 2.24) is 10.2 Å². The van der Waals surface area contributed by atoms with Crippen molar-refractivity contribution in [3.05, 3.63) is 47.3 Å². The highest BCUT2D eigenvalue weighted by Crippen LogP contribution is 2.60. The lowest BCUT2D eigenvalue weighted by atomic mass is 10.0. The number of carbonyl (C=O) groups excluding carboxylic acids is 1. The first-order valence-electron chi connectivity index (χ1n) is 7.87. The summed E-state index contributed by atoms with van der Waals surface area (Å²) in [6, 6.07) is 7.65.